The van der Waals surface area contributed by atoms with Gasteiger partial charge >= 0.3 is 17.9 Å². The minimum absolute atomic E-state index is 0.0272. The van der Waals surface area contributed by atoms with Gasteiger partial charge in [0, 0.05) is 25.9 Å². The molecule has 0 aliphatic rings. The number of unbranched alkanes of at least 4 members (excludes halogenated alkanes) is 8. The number of allylic oxidation sites excluding steroid dienone is 6. The first-order valence-electron chi connectivity index (χ1n) is 25.7. The van der Waals surface area contributed by atoms with Gasteiger partial charge in [0.05, 0.1) is 13.2 Å². The van der Waals surface area contributed by atoms with E-state index in [0.29, 0.717) is 56.8 Å². The Kier molecular flexibility index (Phi) is 48.9. The van der Waals surface area contributed by atoms with Crippen molar-refractivity contribution in [3.05, 3.63) is 34.9 Å². The van der Waals surface area contributed by atoms with Crippen LogP contribution in [0.3, 0.4) is 0 Å². The average Bonchev–Trinajstić information content (AvgIpc) is 3.20. The van der Waals surface area contributed by atoms with Crippen molar-refractivity contribution in [2.24, 2.45) is 17.8 Å². The molecule has 3 atom stereocenters. The Balaban J connectivity index is -0.00000239. The Morgan fingerprint density at radius 1 is 0.476 bits per heavy atom. The van der Waals surface area contributed by atoms with E-state index in [1.54, 1.807) is 0 Å². The Hall–Kier alpha value is -2.45. The monoisotopic (exact) mass is 892 g/mol. The molecule has 0 aromatic carbocycles. The summed E-state index contributed by atoms with van der Waals surface area (Å²) in [6.45, 7) is 25.6. The summed E-state index contributed by atoms with van der Waals surface area (Å²) in [5, 5.41) is 8.63. The highest BCUT2D eigenvalue weighted by Crippen LogP contribution is 2.19. The molecule has 0 radical (unpaired) electrons. The molecule has 0 aromatic heterocycles. The number of ether oxygens (including phenoxy) is 3. The lowest BCUT2D eigenvalue weighted by Gasteiger charge is -2.18. The summed E-state index contributed by atoms with van der Waals surface area (Å²) in [5.74, 6) is 1.56. The topological polar surface area (TPSA) is 102 Å². The highest BCUT2D eigenvalue weighted by atomic mass is 16.5. The van der Waals surface area contributed by atoms with Gasteiger partial charge in [0.15, 0.2) is 0 Å². The van der Waals surface area contributed by atoms with E-state index >= 15 is 0 Å². The van der Waals surface area contributed by atoms with Gasteiger partial charge in [-0.2, -0.15) is 0 Å². The number of rotatable bonds is 38. The summed E-state index contributed by atoms with van der Waals surface area (Å²) in [6, 6.07) is 0. The Morgan fingerprint density at radius 3 is 1.19 bits per heavy atom. The zero-order valence-electron chi connectivity index (χ0n) is 43.9. The molecule has 0 fully saturated rings. The van der Waals surface area contributed by atoms with Crippen molar-refractivity contribution in [2.45, 2.75) is 243 Å². The van der Waals surface area contributed by atoms with E-state index in [2.05, 4.69) is 85.4 Å². The van der Waals surface area contributed by atoms with Gasteiger partial charge in [-0.1, -0.05) is 108 Å². The van der Waals surface area contributed by atoms with Gasteiger partial charge in [0.1, 0.15) is 6.10 Å². The van der Waals surface area contributed by atoms with Gasteiger partial charge in [-0.25, -0.2) is 0 Å². The van der Waals surface area contributed by atoms with Crippen LogP contribution in [0.15, 0.2) is 34.9 Å². The van der Waals surface area contributed by atoms with Crippen molar-refractivity contribution in [1.82, 2.24) is 4.90 Å². The minimum Gasteiger partial charge on any atom is -0.466 e. The summed E-state index contributed by atoms with van der Waals surface area (Å²) in [7, 11) is 4.04. The molecule has 8 heteroatoms. The third-order valence-corrected chi connectivity index (χ3v) is 11.1. The summed E-state index contributed by atoms with van der Waals surface area (Å²) in [6.07, 6.45) is 30.6. The van der Waals surface area contributed by atoms with Crippen LogP contribution >= 0.6 is 0 Å². The Bertz CT molecular complexity index is 1090. The van der Waals surface area contributed by atoms with Crippen molar-refractivity contribution < 1.29 is 33.7 Å². The Morgan fingerprint density at radius 2 is 0.825 bits per heavy atom. The second-order valence-electron chi connectivity index (χ2n) is 19.1. The van der Waals surface area contributed by atoms with E-state index in [4.69, 9.17) is 19.3 Å². The van der Waals surface area contributed by atoms with Gasteiger partial charge in [0.25, 0.3) is 0 Å². The van der Waals surface area contributed by atoms with Gasteiger partial charge in [-0.05, 0) is 183 Å². The minimum atomic E-state index is -0.0848. The number of esters is 3. The summed E-state index contributed by atoms with van der Waals surface area (Å²) in [5.41, 5.74) is 4.10. The van der Waals surface area contributed by atoms with Crippen LogP contribution in [0.25, 0.3) is 0 Å². The molecule has 3 unspecified atom stereocenters. The van der Waals surface area contributed by atoms with Crippen LogP contribution in [0.4, 0.5) is 0 Å². The summed E-state index contributed by atoms with van der Waals surface area (Å²) in [4.78, 5) is 38.9. The van der Waals surface area contributed by atoms with Crippen LogP contribution < -0.4 is 0 Å². The maximum absolute atomic E-state index is 12.5. The molecule has 8 nitrogen and oxygen atoms in total. The number of nitrogens with zero attached hydrogens (tertiary/aromatic N) is 1. The molecule has 0 heterocycles. The molecule has 1 N–H and O–H groups in total. The van der Waals surface area contributed by atoms with Crippen LogP contribution in [0.2, 0.25) is 0 Å². The first-order chi connectivity index (χ1) is 30.0. The fourth-order valence-electron chi connectivity index (χ4n) is 6.91. The van der Waals surface area contributed by atoms with Crippen molar-refractivity contribution in [2.75, 3.05) is 40.5 Å². The fraction of sp³-hybridized carbons (Fsp3) is 0.836. The zero-order chi connectivity index (χ0) is 48.1. The molecular weight excluding hydrogens is 787 g/mol. The number of aliphatic hydroxyl groups is 1. The van der Waals surface area contributed by atoms with Gasteiger partial charge in [-0.3, -0.25) is 14.4 Å². The van der Waals surface area contributed by atoms with E-state index in [1.807, 2.05) is 27.9 Å². The van der Waals surface area contributed by atoms with Gasteiger partial charge in [-0.15, -0.1) is 0 Å². The van der Waals surface area contributed by atoms with Crippen LogP contribution in [0, 0.1) is 17.8 Å². The first-order valence-corrected chi connectivity index (χ1v) is 25.7. The predicted octanol–water partition coefficient (Wildman–Crippen LogP) is 15.1. The smallest absolute Gasteiger partial charge is 0.306 e. The van der Waals surface area contributed by atoms with Gasteiger partial charge in [0.2, 0.25) is 0 Å². The van der Waals surface area contributed by atoms with Crippen LogP contribution in [0.5, 0.6) is 0 Å². The average molecular weight is 892 g/mol. The number of carbonyl (C=O) groups excluding carboxylic acids is 3. The Labute approximate surface area is 391 Å². The zero-order valence-corrected chi connectivity index (χ0v) is 43.9. The molecule has 372 valence electrons. The standard InChI is InChI=1S/C43H79NO6.C10H20O.C2H6/c1-36(2)22-19-24-38(5)31-34-48-41(45)28-17-13-9-11-15-26-40(50-43(47)30-21-33-44(7)8)27-16-12-10-14-18-29-42(46)49-35-32-39(6)25-20-23-37(3)4;1-9(2)5-4-6-10(3)7-8-11;1-2/h22-23,38-40H,9-21,24-35H2,1-8H3;5,10-11H,4,6-8H2,1-3H3;1-2H3. The lowest BCUT2D eigenvalue weighted by molar-refractivity contribution is -0.150. The van der Waals surface area contributed by atoms with E-state index in [9.17, 15) is 14.4 Å². The van der Waals surface area contributed by atoms with E-state index in [-0.39, 0.29) is 24.0 Å². The maximum Gasteiger partial charge on any atom is 0.306 e. The van der Waals surface area contributed by atoms with Crippen molar-refractivity contribution in [3.8, 4) is 0 Å². The highest BCUT2D eigenvalue weighted by Gasteiger charge is 2.15. The van der Waals surface area contributed by atoms with Crippen molar-refractivity contribution in [1.29, 1.82) is 0 Å². The number of hydrogen-bond donors (Lipinski definition) is 1. The van der Waals surface area contributed by atoms with Crippen molar-refractivity contribution >= 4 is 17.9 Å². The second-order valence-corrected chi connectivity index (χ2v) is 19.1. The first kappa shape index (κ1) is 64.8. The van der Waals surface area contributed by atoms with Crippen LogP contribution in [-0.2, 0) is 28.6 Å². The molecule has 63 heavy (non-hydrogen) atoms. The number of carbonyl (C=O) groups is 3. The normalized spacial score (nSPS) is 12.6. The molecule has 0 aliphatic heterocycles. The predicted molar refractivity (Wildman–Crippen MR) is 270 cm³/mol. The summed E-state index contributed by atoms with van der Waals surface area (Å²) < 4.78 is 16.9. The molecule has 0 bridgehead atoms. The lowest BCUT2D eigenvalue weighted by atomic mass is 10.0. The number of hydrogen-bond acceptors (Lipinski definition) is 8. The molecule has 0 saturated carbocycles. The number of aliphatic hydroxyl groups excluding tert-OH is 1. The molecule has 0 rings (SSSR count). The second kappa shape index (κ2) is 47.5. The quantitative estimate of drug-likeness (QED) is 0.0283. The highest BCUT2D eigenvalue weighted by molar-refractivity contribution is 5.70. The fourth-order valence-corrected chi connectivity index (χ4v) is 6.91. The lowest BCUT2D eigenvalue weighted by Crippen LogP contribution is -2.20. The third kappa shape index (κ3) is 53.8. The largest absolute Gasteiger partial charge is 0.466 e. The molecule has 0 saturated heterocycles. The van der Waals surface area contributed by atoms with Crippen LogP contribution in [0.1, 0.15) is 237 Å². The van der Waals surface area contributed by atoms with E-state index in [0.717, 1.165) is 141 Å². The molecule has 0 aliphatic carbocycles. The van der Waals surface area contributed by atoms with E-state index in [1.165, 1.54) is 23.1 Å². The summed E-state index contributed by atoms with van der Waals surface area (Å²) >= 11 is 0. The van der Waals surface area contributed by atoms with Crippen LogP contribution in [-0.4, -0.2) is 74.5 Å². The molecule has 0 spiro atoms. The maximum atomic E-state index is 12.5. The van der Waals surface area contributed by atoms with E-state index < -0.39 is 0 Å². The SMILES string of the molecule is CC.CC(C)=CCCC(C)CCO.CC(C)=CCCC(C)CCOC(=O)CCCCCCCC(CCCCCCCC(=O)OCCC(C)CCC=C(C)C)OC(=O)CCCN(C)C. The van der Waals surface area contributed by atoms with Crippen molar-refractivity contribution in [3.63, 3.8) is 0 Å². The molecule has 0 amide bonds. The molecule has 0 aromatic rings. The van der Waals surface area contributed by atoms with Gasteiger partial charge < -0.3 is 24.2 Å². The third-order valence-electron chi connectivity index (χ3n) is 11.1. The molecular formula is C55H105NO7.